The van der Waals surface area contributed by atoms with E-state index in [4.69, 9.17) is 19.2 Å². The molecule has 1 heterocycles. The van der Waals surface area contributed by atoms with Crippen LogP contribution in [0.2, 0.25) is 0 Å². The first-order valence-electron chi connectivity index (χ1n) is 9.68. The van der Waals surface area contributed by atoms with Crippen LogP contribution in [0.1, 0.15) is 17.3 Å². The summed E-state index contributed by atoms with van der Waals surface area (Å²) in [7, 11) is 7.08. The third-order valence-corrected chi connectivity index (χ3v) is 5.56. The van der Waals surface area contributed by atoms with Crippen LogP contribution in [0, 0.1) is 0 Å². The quantitative estimate of drug-likeness (QED) is 0.468. The monoisotopic (exact) mass is 465 g/mol. The van der Waals surface area contributed by atoms with Crippen LogP contribution in [-0.4, -0.2) is 63.8 Å². The molecule has 0 fully saturated rings. The second-order valence-corrected chi connectivity index (χ2v) is 7.90. The summed E-state index contributed by atoms with van der Waals surface area (Å²) in [6.07, 6.45) is 0. The Morgan fingerprint density at radius 3 is 2.32 bits per heavy atom. The summed E-state index contributed by atoms with van der Waals surface area (Å²) in [6.45, 7) is 3.68. The van der Waals surface area contributed by atoms with Crippen LogP contribution in [0.5, 0.6) is 17.2 Å². The van der Waals surface area contributed by atoms with E-state index >= 15 is 0 Å². The predicted molar refractivity (Wildman–Crippen MR) is 128 cm³/mol. The van der Waals surface area contributed by atoms with E-state index in [-0.39, 0.29) is 18.3 Å². The first-order chi connectivity index (χ1) is 14.5. The maximum atomic E-state index is 13.5. The lowest BCUT2D eigenvalue weighted by Gasteiger charge is -2.22. The van der Waals surface area contributed by atoms with Gasteiger partial charge in [0, 0.05) is 24.7 Å². The molecule has 9 heteroatoms. The van der Waals surface area contributed by atoms with E-state index in [0.29, 0.717) is 41.9 Å². The number of hydrogen-bond acceptors (Lipinski definition) is 7. The Morgan fingerprint density at radius 2 is 1.74 bits per heavy atom. The molecule has 3 rings (SSSR count). The zero-order chi connectivity index (χ0) is 21.7. The number of nitrogens with zero attached hydrogens (tertiary/aromatic N) is 3. The molecule has 1 amide bonds. The van der Waals surface area contributed by atoms with Gasteiger partial charge in [-0.2, -0.15) is 0 Å². The van der Waals surface area contributed by atoms with Crippen LogP contribution in [0.25, 0.3) is 10.2 Å². The second-order valence-electron chi connectivity index (χ2n) is 6.89. The van der Waals surface area contributed by atoms with Crippen LogP contribution >= 0.6 is 23.7 Å². The van der Waals surface area contributed by atoms with Crippen molar-refractivity contribution in [1.82, 2.24) is 9.88 Å². The fourth-order valence-electron chi connectivity index (χ4n) is 2.97. The van der Waals surface area contributed by atoms with Gasteiger partial charge in [0.2, 0.25) is 0 Å². The van der Waals surface area contributed by atoms with Crippen molar-refractivity contribution in [2.45, 2.75) is 6.92 Å². The van der Waals surface area contributed by atoms with Crippen molar-refractivity contribution >= 4 is 45.0 Å². The lowest BCUT2D eigenvalue weighted by atomic mass is 10.1. The van der Waals surface area contributed by atoms with Crippen molar-refractivity contribution < 1.29 is 19.0 Å². The van der Waals surface area contributed by atoms with Crippen molar-refractivity contribution in [3.63, 3.8) is 0 Å². The molecular formula is C22H28ClN3O4S. The first kappa shape index (κ1) is 24.7. The molecule has 0 aliphatic carbocycles. The van der Waals surface area contributed by atoms with E-state index in [0.717, 1.165) is 16.0 Å². The molecule has 2 aromatic carbocycles. The number of hydrogen-bond donors (Lipinski definition) is 0. The van der Waals surface area contributed by atoms with E-state index in [9.17, 15) is 4.79 Å². The van der Waals surface area contributed by atoms with Crippen molar-refractivity contribution in [2.75, 3.05) is 52.9 Å². The molecule has 0 radical (unpaired) electrons. The molecule has 7 nitrogen and oxygen atoms in total. The molecule has 0 bridgehead atoms. The molecule has 0 spiro atoms. The number of likely N-dealkylation sites (N-methyl/N-ethyl adjacent to an activating group) is 1. The van der Waals surface area contributed by atoms with Crippen molar-refractivity contribution in [3.05, 3.63) is 42.0 Å². The molecule has 0 saturated heterocycles. The van der Waals surface area contributed by atoms with Gasteiger partial charge in [-0.1, -0.05) is 17.4 Å². The smallest absolute Gasteiger partial charge is 0.260 e. The molecule has 0 aliphatic rings. The van der Waals surface area contributed by atoms with Gasteiger partial charge in [-0.15, -0.1) is 12.4 Å². The van der Waals surface area contributed by atoms with E-state index in [2.05, 4.69) is 0 Å². The number of methoxy groups -OCH3 is 2. The van der Waals surface area contributed by atoms with Gasteiger partial charge >= 0.3 is 0 Å². The summed E-state index contributed by atoms with van der Waals surface area (Å²) >= 11 is 1.47. The standard InChI is InChI=1S/C22H27N3O4S.ClH/c1-6-29-18-8-7-9-19-20(18)23-22(30-19)25(11-10-24(2)3)21(26)15-12-16(27-4)14-17(13-15)28-5;/h7-9,12-14H,6,10-11H2,1-5H3;1H. The van der Waals surface area contributed by atoms with Gasteiger partial charge in [-0.25, -0.2) is 4.98 Å². The number of halogens is 1. The van der Waals surface area contributed by atoms with Gasteiger partial charge in [0.05, 0.1) is 25.5 Å². The predicted octanol–water partition coefficient (Wildman–Crippen LogP) is 4.34. The summed E-state index contributed by atoms with van der Waals surface area (Å²) in [5.74, 6) is 1.69. The number of para-hydroxylation sites is 1. The Kier molecular flexibility index (Phi) is 8.91. The van der Waals surface area contributed by atoms with Gasteiger partial charge < -0.3 is 19.1 Å². The van der Waals surface area contributed by atoms with Crippen LogP contribution in [-0.2, 0) is 0 Å². The molecule has 1 aromatic heterocycles. The zero-order valence-electron chi connectivity index (χ0n) is 18.4. The number of anilines is 1. The number of carbonyl (C=O) groups is 1. The van der Waals surface area contributed by atoms with Crippen LogP contribution in [0.15, 0.2) is 36.4 Å². The maximum Gasteiger partial charge on any atom is 0.260 e. The minimum absolute atomic E-state index is 0. The Hall–Kier alpha value is -2.55. The number of carbonyl (C=O) groups excluding carboxylic acids is 1. The van der Waals surface area contributed by atoms with Gasteiger partial charge in [0.25, 0.3) is 5.91 Å². The Balaban J connectivity index is 0.00000341. The molecule has 0 saturated carbocycles. The third-order valence-electron chi connectivity index (χ3n) is 4.52. The van der Waals surface area contributed by atoms with Gasteiger partial charge in [-0.05, 0) is 45.3 Å². The highest BCUT2D eigenvalue weighted by molar-refractivity contribution is 7.22. The summed E-state index contributed by atoms with van der Waals surface area (Å²) < 4.78 is 17.4. The van der Waals surface area contributed by atoms with Gasteiger partial charge in [-0.3, -0.25) is 9.69 Å². The largest absolute Gasteiger partial charge is 0.497 e. The average molecular weight is 466 g/mol. The maximum absolute atomic E-state index is 13.5. The summed E-state index contributed by atoms with van der Waals surface area (Å²) in [5, 5.41) is 0.630. The number of aromatic nitrogens is 1. The number of benzene rings is 2. The molecule has 31 heavy (non-hydrogen) atoms. The topological polar surface area (TPSA) is 64.1 Å². The molecule has 0 unspecified atom stereocenters. The van der Waals surface area contributed by atoms with Crippen molar-refractivity contribution in [1.29, 1.82) is 0 Å². The highest BCUT2D eigenvalue weighted by Crippen LogP contribution is 2.35. The van der Waals surface area contributed by atoms with Crippen molar-refractivity contribution in [2.24, 2.45) is 0 Å². The third kappa shape index (κ3) is 5.78. The van der Waals surface area contributed by atoms with E-state index < -0.39 is 0 Å². The lowest BCUT2D eigenvalue weighted by molar-refractivity contribution is 0.0984. The second kappa shape index (κ2) is 11.2. The molecule has 0 atom stereocenters. The van der Waals surface area contributed by atoms with Crippen LogP contribution in [0.3, 0.4) is 0 Å². The molecule has 0 aliphatic heterocycles. The number of thiazole rings is 1. The Labute approximate surface area is 192 Å². The molecule has 168 valence electrons. The Morgan fingerprint density at radius 1 is 1.06 bits per heavy atom. The normalized spacial score (nSPS) is 10.6. The number of amides is 1. The zero-order valence-corrected chi connectivity index (χ0v) is 20.0. The average Bonchev–Trinajstić information content (AvgIpc) is 3.18. The molecular weight excluding hydrogens is 438 g/mol. The molecule has 3 aromatic rings. The van der Waals surface area contributed by atoms with E-state index in [1.807, 2.05) is 44.1 Å². The highest BCUT2D eigenvalue weighted by Gasteiger charge is 2.23. The fourth-order valence-corrected chi connectivity index (χ4v) is 3.98. The van der Waals surface area contributed by atoms with Gasteiger partial charge in [0.1, 0.15) is 22.8 Å². The highest BCUT2D eigenvalue weighted by atomic mass is 35.5. The fraction of sp³-hybridized carbons (Fsp3) is 0.364. The lowest BCUT2D eigenvalue weighted by Crippen LogP contribution is -2.36. The van der Waals surface area contributed by atoms with Crippen LogP contribution < -0.4 is 19.1 Å². The van der Waals surface area contributed by atoms with Crippen molar-refractivity contribution in [3.8, 4) is 17.2 Å². The minimum Gasteiger partial charge on any atom is -0.497 e. The minimum atomic E-state index is -0.161. The Bertz CT molecular complexity index is 1000. The number of ether oxygens (including phenoxy) is 3. The molecule has 0 N–H and O–H groups in total. The summed E-state index contributed by atoms with van der Waals surface area (Å²) in [4.78, 5) is 22.0. The van der Waals surface area contributed by atoms with E-state index in [1.54, 1.807) is 37.3 Å². The van der Waals surface area contributed by atoms with Crippen LogP contribution in [0.4, 0.5) is 5.13 Å². The van der Waals surface area contributed by atoms with E-state index in [1.165, 1.54) is 11.3 Å². The first-order valence-corrected chi connectivity index (χ1v) is 10.5. The number of rotatable bonds is 9. The number of fused-ring (bicyclic) bond motifs is 1. The summed E-state index contributed by atoms with van der Waals surface area (Å²) in [5.41, 5.74) is 1.25. The van der Waals surface area contributed by atoms with Gasteiger partial charge in [0.15, 0.2) is 5.13 Å². The summed E-state index contributed by atoms with van der Waals surface area (Å²) in [6, 6.07) is 11.0. The SMILES string of the molecule is CCOc1cccc2sc(N(CCN(C)C)C(=O)c3cc(OC)cc(OC)c3)nc12.Cl.